The van der Waals surface area contributed by atoms with Crippen LogP contribution in [-0.2, 0) is 20.7 Å². The summed E-state index contributed by atoms with van der Waals surface area (Å²) in [4.78, 5) is 74.1. The number of aryl methyl sites for hydroxylation is 1. The van der Waals surface area contributed by atoms with Crippen LogP contribution in [0.1, 0.15) is 73.0 Å². The van der Waals surface area contributed by atoms with Gasteiger partial charge in [0.2, 0.25) is 11.8 Å². The molecule has 2 fully saturated rings. The molecule has 2 saturated heterocycles. The summed E-state index contributed by atoms with van der Waals surface area (Å²) in [6.07, 6.45) is 3.99. The number of hydrogen-bond donors (Lipinski definition) is 2. The molecule has 1 unspecified atom stereocenters. The number of piperidine rings is 2. The van der Waals surface area contributed by atoms with Crippen LogP contribution in [0.25, 0.3) is 10.9 Å². The van der Waals surface area contributed by atoms with Crippen LogP contribution < -0.4 is 16.2 Å². The third-order valence-corrected chi connectivity index (χ3v) is 8.40. The Morgan fingerprint density at radius 2 is 1.88 bits per heavy atom. The zero-order valence-electron chi connectivity index (χ0n) is 24.1. The van der Waals surface area contributed by atoms with E-state index in [4.69, 9.17) is 4.74 Å². The number of aromatic nitrogens is 3. The van der Waals surface area contributed by atoms with Crippen LogP contribution in [-0.4, -0.2) is 61.9 Å². The van der Waals surface area contributed by atoms with Crippen molar-refractivity contribution in [3.8, 4) is 0 Å². The lowest BCUT2D eigenvalue weighted by Crippen LogP contribution is -2.45. The second-order valence-electron chi connectivity index (χ2n) is 11.7. The van der Waals surface area contributed by atoms with Crippen molar-refractivity contribution in [2.75, 3.05) is 18.4 Å². The first-order valence-electron chi connectivity index (χ1n) is 14.0. The SMILES string of the molecule is Cc1nc2c(NC(=O)c3cnc(CC4CCN(C(=O)OC(C)(C)C)CC4)s3)cccc2c(=O)n1C1CCC(=O)NC1=O. The van der Waals surface area contributed by atoms with Crippen molar-refractivity contribution in [2.45, 2.75) is 71.4 Å². The monoisotopic (exact) mass is 594 g/mol. The molecule has 2 aromatic heterocycles. The lowest BCUT2D eigenvalue weighted by Gasteiger charge is -2.33. The van der Waals surface area contributed by atoms with Crippen LogP contribution in [0.2, 0.25) is 0 Å². The summed E-state index contributed by atoms with van der Waals surface area (Å²) < 4.78 is 6.78. The fourth-order valence-corrected chi connectivity index (χ4v) is 6.24. The van der Waals surface area contributed by atoms with Crippen LogP contribution in [0, 0.1) is 12.8 Å². The predicted octanol–water partition coefficient (Wildman–Crippen LogP) is 3.58. The van der Waals surface area contributed by atoms with E-state index in [2.05, 4.69) is 20.6 Å². The summed E-state index contributed by atoms with van der Waals surface area (Å²) in [6, 6.07) is 4.09. The first-order valence-corrected chi connectivity index (χ1v) is 14.8. The van der Waals surface area contributed by atoms with Gasteiger partial charge < -0.3 is 15.0 Å². The minimum absolute atomic E-state index is 0.137. The molecule has 1 aromatic carbocycles. The molecule has 2 N–H and O–H groups in total. The quantitative estimate of drug-likeness (QED) is 0.425. The van der Waals surface area contributed by atoms with Gasteiger partial charge in [-0.15, -0.1) is 11.3 Å². The molecule has 1 atom stereocenters. The molecule has 13 heteroatoms. The summed E-state index contributed by atoms with van der Waals surface area (Å²) >= 11 is 1.32. The molecule has 3 aromatic rings. The number of imide groups is 1. The number of nitrogens with zero attached hydrogens (tertiary/aromatic N) is 4. The highest BCUT2D eigenvalue weighted by Crippen LogP contribution is 2.27. The number of likely N-dealkylation sites (tertiary alicyclic amines) is 1. The highest BCUT2D eigenvalue weighted by atomic mass is 32.1. The molecule has 0 saturated carbocycles. The average Bonchev–Trinajstić information content (AvgIpc) is 3.38. The van der Waals surface area contributed by atoms with Crippen LogP contribution in [0.4, 0.5) is 10.5 Å². The molecule has 5 rings (SSSR count). The molecule has 2 aliphatic heterocycles. The molecule has 4 amide bonds. The number of carbonyl (C=O) groups excluding carboxylic acids is 4. The Morgan fingerprint density at radius 3 is 2.57 bits per heavy atom. The molecular formula is C29H34N6O6S. The van der Waals surface area contributed by atoms with E-state index in [-0.39, 0.29) is 36.1 Å². The second-order valence-corrected chi connectivity index (χ2v) is 12.8. The summed E-state index contributed by atoms with van der Waals surface area (Å²) in [5, 5.41) is 6.24. The second kappa shape index (κ2) is 11.6. The third kappa shape index (κ3) is 6.35. The molecule has 4 heterocycles. The van der Waals surface area contributed by atoms with Crippen LogP contribution in [0.5, 0.6) is 0 Å². The Morgan fingerprint density at radius 1 is 1.14 bits per heavy atom. The number of benzene rings is 1. The standard InChI is InChI=1S/C29H34N6O6S/c1-16-31-24-18(27(39)35(16)20-8-9-22(36)33-25(20)37)6-5-7-19(24)32-26(38)21-15-30-23(42-21)14-17-10-12-34(13-11-17)28(40)41-29(2,3)4/h5-7,15,17,20H,8-14H2,1-4H3,(H,32,38)(H,33,36,37). The number of anilines is 1. The summed E-state index contributed by atoms with van der Waals surface area (Å²) in [5.41, 5.74) is -0.251. The van der Waals surface area contributed by atoms with Gasteiger partial charge in [-0.25, -0.2) is 14.8 Å². The summed E-state index contributed by atoms with van der Waals surface area (Å²) in [6.45, 7) is 8.42. The lowest BCUT2D eigenvalue weighted by atomic mass is 9.94. The van der Waals surface area contributed by atoms with Crippen molar-refractivity contribution < 1.29 is 23.9 Å². The highest BCUT2D eigenvalue weighted by molar-refractivity contribution is 7.13. The number of fused-ring (bicyclic) bond motifs is 1. The Bertz CT molecular complexity index is 1610. The number of thiazole rings is 1. The lowest BCUT2D eigenvalue weighted by molar-refractivity contribution is -0.135. The average molecular weight is 595 g/mol. The largest absolute Gasteiger partial charge is 0.444 e. The fourth-order valence-electron chi connectivity index (χ4n) is 5.31. The minimum atomic E-state index is -0.828. The maximum absolute atomic E-state index is 13.4. The number of nitrogens with one attached hydrogen (secondary N) is 2. The van der Waals surface area contributed by atoms with Gasteiger partial charge in [0, 0.05) is 25.9 Å². The van der Waals surface area contributed by atoms with Crippen molar-refractivity contribution in [2.24, 2.45) is 5.92 Å². The van der Waals surface area contributed by atoms with E-state index in [1.807, 2.05) is 20.8 Å². The van der Waals surface area contributed by atoms with Crippen molar-refractivity contribution in [1.29, 1.82) is 0 Å². The van der Waals surface area contributed by atoms with Crippen LogP contribution in [0.15, 0.2) is 29.2 Å². The van der Waals surface area contributed by atoms with Crippen LogP contribution >= 0.6 is 11.3 Å². The Labute approximate surface area is 246 Å². The molecule has 0 spiro atoms. The smallest absolute Gasteiger partial charge is 0.410 e. The fraction of sp³-hybridized carbons (Fsp3) is 0.483. The number of hydrogen-bond acceptors (Lipinski definition) is 9. The first-order chi connectivity index (χ1) is 19.9. The van der Waals surface area contributed by atoms with E-state index in [9.17, 15) is 24.0 Å². The number of para-hydroxylation sites is 1. The summed E-state index contributed by atoms with van der Waals surface area (Å²) in [5.74, 6) is -0.601. The molecule has 0 bridgehead atoms. The maximum atomic E-state index is 13.4. The van der Waals surface area contributed by atoms with Gasteiger partial charge in [-0.3, -0.25) is 29.1 Å². The molecule has 0 aliphatic carbocycles. The predicted molar refractivity (Wildman–Crippen MR) is 156 cm³/mol. The Balaban J connectivity index is 1.25. The van der Waals surface area contributed by atoms with Crippen molar-refractivity contribution >= 4 is 51.7 Å². The minimum Gasteiger partial charge on any atom is -0.444 e. The van der Waals surface area contributed by atoms with Gasteiger partial charge in [0.1, 0.15) is 27.9 Å². The Hall–Kier alpha value is -4.13. The van der Waals surface area contributed by atoms with Crippen molar-refractivity contribution in [1.82, 2.24) is 24.8 Å². The molecule has 2 aliphatic rings. The van der Waals surface area contributed by atoms with Gasteiger partial charge >= 0.3 is 6.09 Å². The van der Waals surface area contributed by atoms with Gasteiger partial charge in [-0.05, 0) is 65.0 Å². The van der Waals surface area contributed by atoms with E-state index in [1.165, 1.54) is 15.9 Å². The first kappa shape index (κ1) is 29.4. The zero-order valence-corrected chi connectivity index (χ0v) is 24.9. The molecule has 0 radical (unpaired) electrons. The molecule has 222 valence electrons. The normalized spacial score (nSPS) is 18.2. The topological polar surface area (TPSA) is 153 Å². The van der Waals surface area contributed by atoms with Gasteiger partial charge in [-0.2, -0.15) is 0 Å². The van der Waals surface area contributed by atoms with Crippen LogP contribution in [0.3, 0.4) is 0 Å². The third-order valence-electron chi connectivity index (χ3n) is 7.38. The van der Waals surface area contributed by atoms with Gasteiger partial charge in [-0.1, -0.05) is 6.07 Å². The summed E-state index contributed by atoms with van der Waals surface area (Å²) in [7, 11) is 0. The molecule has 42 heavy (non-hydrogen) atoms. The van der Waals surface area contributed by atoms with Gasteiger partial charge in [0.05, 0.1) is 22.3 Å². The Kier molecular flexibility index (Phi) is 8.13. The number of carbonyl (C=O) groups is 4. The number of amides is 4. The number of rotatable bonds is 5. The van der Waals surface area contributed by atoms with Crippen molar-refractivity contribution in [3.05, 3.63) is 50.5 Å². The van der Waals surface area contributed by atoms with Crippen molar-refractivity contribution in [3.63, 3.8) is 0 Å². The van der Waals surface area contributed by atoms with E-state index in [0.717, 1.165) is 24.3 Å². The van der Waals surface area contributed by atoms with Gasteiger partial charge in [0.15, 0.2) is 0 Å². The molecular weight excluding hydrogens is 560 g/mol. The van der Waals surface area contributed by atoms with E-state index >= 15 is 0 Å². The van der Waals surface area contributed by atoms with E-state index < -0.39 is 23.1 Å². The maximum Gasteiger partial charge on any atom is 0.410 e. The molecule has 12 nitrogen and oxygen atoms in total. The van der Waals surface area contributed by atoms with E-state index in [1.54, 1.807) is 36.2 Å². The zero-order chi connectivity index (χ0) is 30.2. The number of ether oxygens (including phenoxy) is 1. The van der Waals surface area contributed by atoms with E-state index in [0.29, 0.717) is 40.9 Å². The highest BCUT2D eigenvalue weighted by Gasteiger charge is 2.31. The van der Waals surface area contributed by atoms with Gasteiger partial charge in [0.25, 0.3) is 11.5 Å².